The lowest BCUT2D eigenvalue weighted by Crippen LogP contribution is -2.30. The van der Waals surface area contributed by atoms with Gasteiger partial charge in [0.2, 0.25) is 0 Å². The van der Waals surface area contributed by atoms with Crippen molar-refractivity contribution in [3.8, 4) is 0 Å². The van der Waals surface area contributed by atoms with Gasteiger partial charge in [-0.3, -0.25) is 0 Å². The normalized spacial score (nSPS) is 12.0. The van der Waals surface area contributed by atoms with Gasteiger partial charge in [0.1, 0.15) is 0 Å². The Bertz CT molecular complexity index is 428. The maximum Gasteiger partial charge on any atom is 0.000252 e. The number of unbranched alkanes of at least 4 members (excludes halogenated alkanes) is 28. The Morgan fingerprint density at radius 2 is 0.590 bits per heavy atom. The minimum absolute atomic E-state index is 0.464. The van der Waals surface area contributed by atoms with Crippen LogP contribution in [0.2, 0.25) is 0 Å². The van der Waals surface area contributed by atoms with Crippen molar-refractivity contribution in [2.24, 2.45) is 5.41 Å². The quantitative estimate of drug-likeness (QED) is 0.0787. The highest BCUT2D eigenvalue weighted by Gasteiger charge is 2.16. The smallest absolute Gasteiger partial charge is 0.000252 e. The van der Waals surface area contributed by atoms with Crippen LogP contribution < -0.4 is 5.32 Å². The highest BCUT2D eigenvalue weighted by Crippen LogP contribution is 2.23. The predicted molar refractivity (Wildman–Crippen MR) is 181 cm³/mol. The molecule has 0 aromatic rings. The summed E-state index contributed by atoms with van der Waals surface area (Å²) in [5.41, 5.74) is 0.464. The molecule has 0 fully saturated rings. The van der Waals surface area contributed by atoms with Crippen LogP contribution in [-0.4, -0.2) is 13.1 Å². The molecule has 1 nitrogen and oxygen atoms in total. The van der Waals surface area contributed by atoms with Gasteiger partial charge in [0, 0.05) is 6.54 Å². The molecule has 0 aliphatic carbocycles. The van der Waals surface area contributed by atoms with Crippen LogP contribution in [0.5, 0.6) is 0 Å². The van der Waals surface area contributed by atoms with Crippen LogP contribution in [0.4, 0.5) is 0 Å². The molecule has 1 heteroatoms. The highest BCUT2D eigenvalue weighted by atomic mass is 14.9. The van der Waals surface area contributed by atoms with E-state index in [4.69, 9.17) is 0 Å². The maximum atomic E-state index is 3.77. The van der Waals surface area contributed by atoms with Crippen LogP contribution in [0.25, 0.3) is 0 Å². The number of rotatable bonds is 34. The molecule has 0 saturated heterocycles. The summed E-state index contributed by atoms with van der Waals surface area (Å²) >= 11 is 0. The summed E-state index contributed by atoms with van der Waals surface area (Å²) in [7, 11) is 0. The highest BCUT2D eigenvalue weighted by molar-refractivity contribution is 4.71. The van der Waals surface area contributed by atoms with Crippen LogP contribution in [0.1, 0.15) is 227 Å². The SMILES string of the molecule is CCCCCCCCCCCCCCCCCCNCC(C)(C)CCCCCCCCCCCCCCCC. The van der Waals surface area contributed by atoms with Crippen molar-refractivity contribution in [1.82, 2.24) is 5.32 Å². The minimum atomic E-state index is 0.464. The van der Waals surface area contributed by atoms with Crippen molar-refractivity contribution in [2.75, 3.05) is 13.1 Å². The molecule has 1 N–H and O–H groups in total. The van der Waals surface area contributed by atoms with Crippen molar-refractivity contribution >= 4 is 0 Å². The summed E-state index contributed by atoms with van der Waals surface area (Å²) in [5, 5.41) is 3.77. The minimum Gasteiger partial charge on any atom is -0.316 e. The van der Waals surface area contributed by atoms with Crippen molar-refractivity contribution in [1.29, 1.82) is 0 Å². The Kier molecular flexibility index (Phi) is 32.4. The lowest BCUT2D eigenvalue weighted by atomic mass is 9.86. The maximum absolute atomic E-state index is 3.77. The topological polar surface area (TPSA) is 12.0 Å². The van der Waals surface area contributed by atoms with Gasteiger partial charge in [0.15, 0.2) is 0 Å². The molecule has 0 amide bonds. The first-order valence-corrected chi connectivity index (χ1v) is 18.8. The van der Waals surface area contributed by atoms with Crippen molar-refractivity contribution in [3.63, 3.8) is 0 Å². The van der Waals surface area contributed by atoms with E-state index in [1.54, 1.807) is 0 Å². The van der Waals surface area contributed by atoms with Gasteiger partial charge in [-0.15, -0.1) is 0 Å². The third-order valence-electron chi connectivity index (χ3n) is 9.02. The van der Waals surface area contributed by atoms with E-state index in [0.717, 1.165) is 0 Å². The second-order valence-corrected chi connectivity index (χ2v) is 14.0. The van der Waals surface area contributed by atoms with Gasteiger partial charge in [0.25, 0.3) is 0 Å². The van der Waals surface area contributed by atoms with Crippen LogP contribution in [0.15, 0.2) is 0 Å². The van der Waals surface area contributed by atoms with Crippen molar-refractivity contribution in [3.05, 3.63) is 0 Å². The summed E-state index contributed by atoms with van der Waals surface area (Å²) < 4.78 is 0. The first-order valence-electron chi connectivity index (χ1n) is 18.8. The standard InChI is InChI=1S/C38H79N/c1-5-7-9-11-13-15-17-19-21-22-24-26-28-30-32-34-36-39-37-38(3,4)35-33-31-29-27-25-23-20-18-16-14-12-10-8-6-2/h39H,5-37H2,1-4H3. The Balaban J connectivity index is 3.26. The number of nitrogens with one attached hydrogen (secondary N) is 1. The van der Waals surface area contributed by atoms with E-state index in [-0.39, 0.29) is 0 Å². The summed E-state index contributed by atoms with van der Waals surface area (Å²) in [5.74, 6) is 0. The van der Waals surface area contributed by atoms with E-state index >= 15 is 0 Å². The molecule has 0 bridgehead atoms. The van der Waals surface area contributed by atoms with E-state index in [0.29, 0.717) is 5.41 Å². The van der Waals surface area contributed by atoms with E-state index in [1.165, 1.54) is 212 Å². The molecule has 0 radical (unpaired) electrons. The number of hydrogen-bond acceptors (Lipinski definition) is 1. The molecule has 0 unspecified atom stereocenters. The zero-order chi connectivity index (χ0) is 28.5. The molecular weight excluding hydrogens is 470 g/mol. The first-order chi connectivity index (χ1) is 19.1. The van der Waals surface area contributed by atoms with Gasteiger partial charge in [-0.25, -0.2) is 0 Å². The van der Waals surface area contributed by atoms with E-state index in [2.05, 4.69) is 33.0 Å². The zero-order valence-corrected chi connectivity index (χ0v) is 28.3. The Hall–Kier alpha value is -0.0400. The van der Waals surface area contributed by atoms with E-state index in [9.17, 15) is 0 Å². The molecular formula is C38H79N. The lowest BCUT2D eigenvalue weighted by molar-refractivity contribution is 0.300. The summed E-state index contributed by atoms with van der Waals surface area (Å²) in [6.45, 7) is 12.0. The van der Waals surface area contributed by atoms with Gasteiger partial charge >= 0.3 is 0 Å². The predicted octanol–water partition coefficient (Wildman–Crippen LogP) is 13.7. The fourth-order valence-corrected chi connectivity index (χ4v) is 6.11. The lowest BCUT2D eigenvalue weighted by Gasteiger charge is -2.25. The van der Waals surface area contributed by atoms with Gasteiger partial charge < -0.3 is 5.32 Å². The van der Waals surface area contributed by atoms with Crippen LogP contribution in [-0.2, 0) is 0 Å². The zero-order valence-electron chi connectivity index (χ0n) is 28.3. The Morgan fingerprint density at radius 1 is 0.333 bits per heavy atom. The average Bonchev–Trinajstić information content (AvgIpc) is 2.92. The molecule has 0 rings (SSSR count). The molecule has 0 aromatic heterocycles. The van der Waals surface area contributed by atoms with Gasteiger partial charge in [-0.05, 0) is 24.8 Å². The molecule has 0 aliphatic rings. The van der Waals surface area contributed by atoms with Crippen molar-refractivity contribution < 1.29 is 0 Å². The second kappa shape index (κ2) is 32.5. The molecule has 0 aliphatic heterocycles. The third kappa shape index (κ3) is 34.1. The van der Waals surface area contributed by atoms with Crippen molar-refractivity contribution in [2.45, 2.75) is 227 Å². The first kappa shape index (κ1) is 39.0. The third-order valence-corrected chi connectivity index (χ3v) is 9.02. The molecule has 0 atom stereocenters. The molecule has 39 heavy (non-hydrogen) atoms. The monoisotopic (exact) mass is 550 g/mol. The molecule has 0 aromatic carbocycles. The largest absolute Gasteiger partial charge is 0.316 e. The van der Waals surface area contributed by atoms with Gasteiger partial charge in [0.05, 0.1) is 0 Å². The average molecular weight is 550 g/mol. The van der Waals surface area contributed by atoms with E-state index in [1.807, 2.05) is 0 Å². The molecule has 0 saturated carbocycles. The van der Waals surface area contributed by atoms with Gasteiger partial charge in [-0.2, -0.15) is 0 Å². The molecule has 236 valence electrons. The Morgan fingerprint density at radius 3 is 0.897 bits per heavy atom. The fraction of sp³-hybridized carbons (Fsp3) is 1.00. The molecule has 0 spiro atoms. The summed E-state index contributed by atoms with van der Waals surface area (Å²) in [6, 6.07) is 0. The number of hydrogen-bond donors (Lipinski definition) is 1. The van der Waals surface area contributed by atoms with Crippen LogP contribution in [0.3, 0.4) is 0 Å². The molecule has 0 heterocycles. The van der Waals surface area contributed by atoms with Crippen LogP contribution in [0, 0.1) is 5.41 Å². The summed E-state index contributed by atoms with van der Waals surface area (Å²) in [4.78, 5) is 0. The summed E-state index contributed by atoms with van der Waals surface area (Å²) in [6.07, 6.45) is 45.0. The second-order valence-electron chi connectivity index (χ2n) is 14.0. The van der Waals surface area contributed by atoms with Crippen LogP contribution >= 0.6 is 0 Å². The van der Waals surface area contributed by atoms with Gasteiger partial charge in [-0.1, -0.05) is 214 Å². The van der Waals surface area contributed by atoms with E-state index < -0.39 is 0 Å². The fourth-order valence-electron chi connectivity index (χ4n) is 6.11. The Labute approximate surface area is 250 Å².